The van der Waals surface area contributed by atoms with Gasteiger partial charge in [-0.1, -0.05) is 6.07 Å². The Morgan fingerprint density at radius 1 is 0.880 bits per heavy atom. The Labute approximate surface area is 150 Å². The van der Waals surface area contributed by atoms with Crippen molar-refractivity contribution in [1.82, 2.24) is 4.90 Å². The first-order valence-corrected chi connectivity index (χ1v) is 8.87. The van der Waals surface area contributed by atoms with Crippen molar-refractivity contribution in [3.8, 4) is 0 Å². The molecule has 25 heavy (non-hydrogen) atoms. The smallest absolute Gasteiger partial charge is 0.255 e. The standard InChI is InChI=1S/C21H27N3O/c1-15-5-6-18(13-16(15)2)21(25)22-20-8-7-19(14-17(20)3)24-11-9-23(4)10-12-24/h5-8,13-14H,9-12H2,1-4H3,(H,22,25). The van der Waals surface area contributed by atoms with E-state index in [-0.39, 0.29) is 5.91 Å². The molecule has 2 aromatic carbocycles. The van der Waals surface area contributed by atoms with Crippen LogP contribution in [0.25, 0.3) is 0 Å². The second-order valence-electron chi connectivity index (χ2n) is 7.04. The van der Waals surface area contributed by atoms with Crippen LogP contribution in [-0.4, -0.2) is 44.0 Å². The summed E-state index contributed by atoms with van der Waals surface area (Å²) in [5, 5.41) is 3.04. The van der Waals surface area contributed by atoms with Gasteiger partial charge in [-0.05, 0) is 74.8 Å². The summed E-state index contributed by atoms with van der Waals surface area (Å²) in [6.45, 7) is 10.4. The molecule has 0 bridgehead atoms. The third-order valence-electron chi connectivity index (χ3n) is 5.10. The lowest BCUT2D eigenvalue weighted by Gasteiger charge is -2.34. The Morgan fingerprint density at radius 2 is 1.60 bits per heavy atom. The van der Waals surface area contributed by atoms with E-state index in [1.165, 1.54) is 11.3 Å². The van der Waals surface area contributed by atoms with E-state index in [4.69, 9.17) is 0 Å². The molecule has 2 aromatic rings. The van der Waals surface area contributed by atoms with E-state index in [9.17, 15) is 4.79 Å². The summed E-state index contributed by atoms with van der Waals surface area (Å²) < 4.78 is 0. The molecule has 0 unspecified atom stereocenters. The van der Waals surface area contributed by atoms with E-state index in [0.29, 0.717) is 5.56 Å². The van der Waals surface area contributed by atoms with Crippen LogP contribution in [0.3, 0.4) is 0 Å². The minimum absolute atomic E-state index is 0.0569. The van der Waals surface area contributed by atoms with Crippen LogP contribution in [0.5, 0.6) is 0 Å². The fourth-order valence-corrected chi connectivity index (χ4v) is 3.13. The van der Waals surface area contributed by atoms with Crippen molar-refractivity contribution in [1.29, 1.82) is 0 Å². The molecule has 1 amide bonds. The molecule has 1 fully saturated rings. The van der Waals surface area contributed by atoms with Crippen LogP contribution in [0.2, 0.25) is 0 Å². The van der Waals surface area contributed by atoms with Crippen LogP contribution in [0, 0.1) is 20.8 Å². The highest BCUT2D eigenvalue weighted by Gasteiger charge is 2.15. The highest BCUT2D eigenvalue weighted by Crippen LogP contribution is 2.24. The van der Waals surface area contributed by atoms with Crippen LogP contribution in [0.15, 0.2) is 36.4 Å². The quantitative estimate of drug-likeness (QED) is 0.929. The maximum atomic E-state index is 12.5. The molecule has 0 aromatic heterocycles. The Bertz CT molecular complexity index is 777. The lowest BCUT2D eigenvalue weighted by atomic mass is 10.1. The van der Waals surface area contributed by atoms with Crippen molar-refractivity contribution in [2.75, 3.05) is 43.4 Å². The van der Waals surface area contributed by atoms with Crippen LogP contribution in [0.4, 0.5) is 11.4 Å². The zero-order chi connectivity index (χ0) is 18.0. The largest absolute Gasteiger partial charge is 0.369 e. The Hall–Kier alpha value is -2.33. The molecular weight excluding hydrogens is 310 g/mol. The molecule has 0 saturated carbocycles. The number of nitrogens with zero attached hydrogens (tertiary/aromatic N) is 2. The highest BCUT2D eigenvalue weighted by atomic mass is 16.1. The van der Waals surface area contributed by atoms with Gasteiger partial charge in [-0.25, -0.2) is 0 Å². The Morgan fingerprint density at radius 3 is 2.24 bits per heavy atom. The minimum Gasteiger partial charge on any atom is -0.369 e. The van der Waals surface area contributed by atoms with Gasteiger partial charge >= 0.3 is 0 Å². The molecule has 132 valence electrons. The maximum absolute atomic E-state index is 12.5. The average molecular weight is 337 g/mol. The number of likely N-dealkylation sites (N-methyl/N-ethyl adjacent to an activating group) is 1. The van der Waals surface area contributed by atoms with Gasteiger partial charge in [0.05, 0.1) is 0 Å². The summed E-state index contributed by atoms with van der Waals surface area (Å²) in [6, 6.07) is 12.1. The zero-order valence-corrected chi connectivity index (χ0v) is 15.6. The van der Waals surface area contributed by atoms with Gasteiger partial charge in [-0.15, -0.1) is 0 Å². The predicted octanol–water partition coefficient (Wildman–Crippen LogP) is 3.62. The van der Waals surface area contributed by atoms with Gasteiger partial charge in [-0.3, -0.25) is 4.79 Å². The maximum Gasteiger partial charge on any atom is 0.255 e. The van der Waals surface area contributed by atoms with E-state index < -0.39 is 0 Å². The van der Waals surface area contributed by atoms with Crippen LogP contribution >= 0.6 is 0 Å². The molecule has 1 N–H and O–H groups in total. The van der Waals surface area contributed by atoms with E-state index in [1.54, 1.807) is 0 Å². The molecule has 4 nitrogen and oxygen atoms in total. The summed E-state index contributed by atoms with van der Waals surface area (Å²) in [6.07, 6.45) is 0. The number of amides is 1. The fraction of sp³-hybridized carbons (Fsp3) is 0.381. The number of rotatable bonds is 3. The fourth-order valence-electron chi connectivity index (χ4n) is 3.13. The second kappa shape index (κ2) is 7.28. The molecular formula is C21H27N3O. The van der Waals surface area contributed by atoms with Crippen molar-refractivity contribution < 1.29 is 4.79 Å². The number of hydrogen-bond acceptors (Lipinski definition) is 3. The van der Waals surface area contributed by atoms with Crippen molar-refractivity contribution in [2.45, 2.75) is 20.8 Å². The first kappa shape index (κ1) is 17.5. The van der Waals surface area contributed by atoms with Crippen LogP contribution < -0.4 is 10.2 Å². The third kappa shape index (κ3) is 4.02. The molecule has 0 aliphatic carbocycles. The predicted molar refractivity (Wildman–Crippen MR) is 105 cm³/mol. The van der Waals surface area contributed by atoms with Gasteiger partial charge in [0.25, 0.3) is 5.91 Å². The summed E-state index contributed by atoms with van der Waals surface area (Å²) >= 11 is 0. The van der Waals surface area contributed by atoms with Crippen molar-refractivity contribution >= 4 is 17.3 Å². The topological polar surface area (TPSA) is 35.6 Å². The zero-order valence-electron chi connectivity index (χ0n) is 15.6. The molecule has 3 rings (SSSR count). The molecule has 1 saturated heterocycles. The van der Waals surface area contributed by atoms with E-state index in [0.717, 1.165) is 43.0 Å². The minimum atomic E-state index is -0.0569. The lowest BCUT2D eigenvalue weighted by molar-refractivity contribution is 0.102. The Kier molecular flexibility index (Phi) is 5.09. The second-order valence-corrected chi connectivity index (χ2v) is 7.04. The first-order valence-electron chi connectivity index (χ1n) is 8.87. The average Bonchev–Trinajstić information content (AvgIpc) is 2.59. The molecule has 1 heterocycles. The van der Waals surface area contributed by atoms with Gasteiger partial charge in [-0.2, -0.15) is 0 Å². The number of piperazine rings is 1. The van der Waals surface area contributed by atoms with Crippen molar-refractivity contribution in [3.63, 3.8) is 0 Å². The molecule has 0 atom stereocenters. The summed E-state index contributed by atoms with van der Waals surface area (Å²) in [7, 11) is 2.16. The van der Waals surface area contributed by atoms with Crippen LogP contribution in [0.1, 0.15) is 27.0 Å². The first-order chi connectivity index (χ1) is 11.9. The van der Waals surface area contributed by atoms with Gasteiger partial charge in [0.1, 0.15) is 0 Å². The number of carbonyl (C=O) groups is 1. The molecule has 0 radical (unpaired) electrons. The third-order valence-corrected chi connectivity index (χ3v) is 5.10. The number of nitrogens with one attached hydrogen (secondary N) is 1. The number of carbonyl (C=O) groups excluding carboxylic acids is 1. The molecule has 4 heteroatoms. The van der Waals surface area contributed by atoms with Gasteiger partial charge in [0.2, 0.25) is 0 Å². The van der Waals surface area contributed by atoms with Gasteiger partial charge in [0, 0.05) is 43.1 Å². The molecule has 0 spiro atoms. The van der Waals surface area contributed by atoms with Crippen LogP contribution in [-0.2, 0) is 0 Å². The molecule has 1 aliphatic rings. The summed E-state index contributed by atoms with van der Waals surface area (Å²) in [5.74, 6) is -0.0569. The normalized spacial score (nSPS) is 15.3. The highest BCUT2D eigenvalue weighted by molar-refractivity contribution is 6.04. The van der Waals surface area contributed by atoms with Crippen molar-refractivity contribution in [3.05, 3.63) is 58.7 Å². The number of anilines is 2. The Balaban J connectivity index is 1.72. The number of hydrogen-bond donors (Lipinski definition) is 1. The van der Waals surface area contributed by atoms with Crippen molar-refractivity contribution in [2.24, 2.45) is 0 Å². The number of aryl methyl sites for hydroxylation is 3. The SMILES string of the molecule is Cc1ccc(C(=O)Nc2ccc(N3CCN(C)CC3)cc2C)cc1C. The lowest BCUT2D eigenvalue weighted by Crippen LogP contribution is -2.44. The van der Waals surface area contributed by atoms with Gasteiger partial charge < -0.3 is 15.1 Å². The van der Waals surface area contributed by atoms with E-state index >= 15 is 0 Å². The van der Waals surface area contributed by atoms with E-state index in [1.807, 2.05) is 31.2 Å². The summed E-state index contributed by atoms with van der Waals surface area (Å²) in [5.41, 5.74) is 6.23. The monoisotopic (exact) mass is 337 g/mol. The van der Waals surface area contributed by atoms with E-state index in [2.05, 4.69) is 48.1 Å². The molecule has 1 aliphatic heterocycles. The summed E-state index contributed by atoms with van der Waals surface area (Å²) in [4.78, 5) is 17.3. The van der Waals surface area contributed by atoms with Gasteiger partial charge in [0.15, 0.2) is 0 Å². The number of benzene rings is 2.